The smallest absolute Gasteiger partial charge is 0.343 e. The maximum absolute atomic E-state index is 12.9. The van der Waals surface area contributed by atoms with Crippen molar-refractivity contribution in [3.63, 3.8) is 0 Å². The molecule has 0 amide bonds. The van der Waals surface area contributed by atoms with Crippen molar-refractivity contribution in [1.29, 1.82) is 0 Å². The number of esters is 1. The molecule has 4 heterocycles. The van der Waals surface area contributed by atoms with Crippen LogP contribution in [0.3, 0.4) is 0 Å². The summed E-state index contributed by atoms with van der Waals surface area (Å²) >= 11 is 1.68. The van der Waals surface area contributed by atoms with Gasteiger partial charge in [-0.15, -0.1) is 0 Å². The number of hydrogen-bond donors (Lipinski definition) is 0. The Kier molecular flexibility index (Phi) is 7.34. The molecule has 1 aliphatic rings. The summed E-state index contributed by atoms with van der Waals surface area (Å²) in [5.41, 5.74) is 3.30. The zero-order chi connectivity index (χ0) is 22.3. The van der Waals surface area contributed by atoms with Crippen LogP contribution in [0.25, 0.3) is 0 Å². The molecule has 0 saturated heterocycles. The van der Waals surface area contributed by atoms with Gasteiger partial charge in [0.15, 0.2) is 0 Å². The van der Waals surface area contributed by atoms with Crippen molar-refractivity contribution in [3.05, 3.63) is 80.2 Å². The van der Waals surface area contributed by atoms with E-state index < -0.39 is 5.97 Å². The molecule has 8 heteroatoms. The van der Waals surface area contributed by atoms with Gasteiger partial charge in [0.05, 0.1) is 13.7 Å². The molecule has 0 fully saturated rings. The molecule has 4 rings (SSSR count). The molecule has 0 bridgehead atoms. The molecule has 0 spiro atoms. The van der Waals surface area contributed by atoms with Crippen LogP contribution in [0.4, 0.5) is 0 Å². The summed E-state index contributed by atoms with van der Waals surface area (Å²) in [5, 5.41) is 4.21. The van der Waals surface area contributed by atoms with E-state index in [0.29, 0.717) is 36.6 Å². The number of nitrogens with zero attached hydrogens (tertiary/aromatic N) is 3. The molecule has 3 aromatic rings. The van der Waals surface area contributed by atoms with Gasteiger partial charge in [0.1, 0.15) is 11.3 Å². The molecule has 0 radical (unpaired) electrons. The fourth-order valence-corrected chi connectivity index (χ4v) is 4.69. The van der Waals surface area contributed by atoms with Gasteiger partial charge in [-0.3, -0.25) is 14.7 Å². The van der Waals surface area contributed by atoms with Crippen LogP contribution in [-0.2, 0) is 30.7 Å². The number of fused-ring (bicyclic) bond motifs is 1. The highest BCUT2D eigenvalue weighted by Gasteiger charge is 2.26. The van der Waals surface area contributed by atoms with E-state index in [2.05, 4.69) is 26.7 Å². The van der Waals surface area contributed by atoms with Crippen LogP contribution in [0.15, 0.2) is 52.2 Å². The van der Waals surface area contributed by atoms with Gasteiger partial charge < -0.3 is 14.0 Å². The van der Waals surface area contributed by atoms with Crippen molar-refractivity contribution in [3.8, 4) is 5.75 Å². The third-order valence-corrected chi connectivity index (χ3v) is 6.38. The molecule has 0 aromatic carbocycles. The predicted molar refractivity (Wildman–Crippen MR) is 123 cm³/mol. The maximum Gasteiger partial charge on any atom is 0.343 e. The van der Waals surface area contributed by atoms with E-state index in [1.165, 1.54) is 18.7 Å². The molecule has 7 nitrogen and oxygen atoms in total. The highest BCUT2D eigenvalue weighted by Crippen LogP contribution is 2.25. The van der Waals surface area contributed by atoms with Crippen LogP contribution in [0.5, 0.6) is 5.75 Å². The van der Waals surface area contributed by atoms with Gasteiger partial charge in [0, 0.05) is 56.8 Å². The third kappa shape index (κ3) is 5.26. The SMILES string of the molecule is COC(=O)c1c(OCCCc2cccnc2)cc(=O)n2c1CCN(Cc1ccsc1)CC2. The number of methoxy groups -OCH3 is 1. The fraction of sp³-hybridized carbons (Fsp3) is 0.375. The number of carbonyl (C=O) groups is 1. The molecular weight excluding hydrogens is 426 g/mol. The third-order valence-electron chi connectivity index (χ3n) is 5.65. The lowest BCUT2D eigenvalue weighted by Crippen LogP contribution is -2.29. The minimum atomic E-state index is -0.470. The van der Waals surface area contributed by atoms with E-state index in [1.807, 2.05) is 18.3 Å². The summed E-state index contributed by atoms with van der Waals surface area (Å²) in [6.45, 7) is 3.26. The maximum atomic E-state index is 12.9. The van der Waals surface area contributed by atoms with Gasteiger partial charge in [-0.1, -0.05) is 6.07 Å². The molecule has 0 aliphatic carbocycles. The number of thiophene rings is 1. The molecule has 32 heavy (non-hydrogen) atoms. The summed E-state index contributed by atoms with van der Waals surface area (Å²) in [4.78, 5) is 32.0. The van der Waals surface area contributed by atoms with Gasteiger partial charge in [0.25, 0.3) is 5.56 Å². The predicted octanol–water partition coefficient (Wildman–Crippen LogP) is 3.16. The molecule has 1 aliphatic heterocycles. The number of rotatable bonds is 8. The van der Waals surface area contributed by atoms with Crippen LogP contribution >= 0.6 is 11.3 Å². The average Bonchev–Trinajstić information content (AvgIpc) is 3.23. The molecule has 3 aromatic heterocycles. The van der Waals surface area contributed by atoms with Gasteiger partial charge >= 0.3 is 5.97 Å². The lowest BCUT2D eigenvalue weighted by Gasteiger charge is -2.18. The Morgan fingerprint density at radius 3 is 2.88 bits per heavy atom. The summed E-state index contributed by atoms with van der Waals surface area (Å²) in [5.74, 6) is -0.159. The van der Waals surface area contributed by atoms with Crippen LogP contribution < -0.4 is 10.3 Å². The van der Waals surface area contributed by atoms with E-state index in [1.54, 1.807) is 22.1 Å². The summed E-state index contributed by atoms with van der Waals surface area (Å²) < 4.78 is 12.7. The van der Waals surface area contributed by atoms with Gasteiger partial charge in [-0.25, -0.2) is 4.79 Å². The molecule has 0 saturated carbocycles. The van der Waals surface area contributed by atoms with Gasteiger partial charge in [-0.05, 0) is 46.9 Å². The van der Waals surface area contributed by atoms with Crippen molar-refractivity contribution in [2.24, 2.45) is 0 Å². The van der Waals surface area contributed by atoms with E-state index >= 15 is 0 Å². The van der Waals surface area contributed by atoms with Gasteiger partial charge in [0.2, 0.25) is 0 Å². The largest absolute Gasteiger partial charge is 0.492 e. The Morgan fingerprint density at radius 1 is 1.22 bits per heavy atom. The first-order valence-electron chi connectivity index (χ1n) is 10.8. The first-order chi connectivity index (χ1) is 15.7. The van der Waals surface area contributed by atoms with Crippen LogP contribution in [0.2, 0.25) is 0 Å². The van der Waals surface area contributed by atoms with E-state index in [0.717, 1.165) is 38.0 Å². The Hall–Kier alpha value is -2.97. The normalized spacial score (nSPS) is 13.9. The number of hydrogen-bond acceptors (Lipinski definition) is 7. The van der Waals surface area contributed by atoms with Crippen molar-refractivity contribution in [2.75, 3.05) is 26.8 Å². The Labute approximate surface area is 191 Å². The topological polar surface area (TPSA) is 73.7 Å². The van der Waals surface area contributed by atoms with Crippen molar-refractivity contribution in [2.45, 2.75) is 32.4 Å². The summed E-state index contributed by atoms with van der Waals surface area (Å²) in [6, 6.07) is 7.46. The number of aromatic nitrogens is 2. The highest BCUT2D eigenvalue weighted by atomic mass is 32.1. The lowest BCUT2D eigenvalue weighted by molar-refractivity contribution is 0.0593. The van der Waals surface area contributed by atoms with Crippen LogP contribution in [-0.4, -0.2) is 47.2 Å². The summed E-state index contributed by atoms with van der Waals surface area (Å²) in [7, 11) is 1.36. The van der Waals surface area contributed by atoms with E-state index in [-0.39, 0.29) is 5.56 Å². The zero-order valence-corrected chi connectivity index (χ0v) is 19.0. The van der Waals surface area contributed by atoms with Crippen molar-refractivity contribution < 1.29 is 14.3 Å². The minimum absolute atomic E-state index is 0.146. The second-order valence-electron chi connectivity index (χ2n) is 7.78. The summed E-state index contributed by atoms with van der Waals surface area (Å²) in [6.07, 6.45) is 5.71. The van der Waals surface area contributed by atoms with Crippen molar-refractivity contribution in [1.82, 2.24) is 14.5 Å². The monoisotopic (exact) mass is 453 g/mol. The molecule has 0 atom stereocenters. The molecule has 0 unspecified atom stereocenters. The first kappa shape index (κ1) is 22.2. The van der Waals surface area contributed by atoms with Gasteiger partial charge in [-0.2, -0.15) is 11.3 Å². The quantitative estimate of drug-likeness (QED) is 0.385. The van der Waals surface area contributed by atoms with E-state index in [4.69, 9.17) is 9.47 Å². The molecule has 168 valence electrons. The molecule has 0 N–H and O–H groups in total. The fourth-order valence-electron chi connectivity index (χ4n) is 4.03. The number of carbonyl (C=O) groups excluding carboxylic acids is 1. The Bertz CT molecular complexity index is 1100. The second-order valence-corrected chi connectivity index (χ2v) is 8.56. The number of ether oxygens (including phenoxy) is 2. The highest BCUT2D eigenvalue weighted by molar-refractivity contribution is 7.07. The second kappa shape index (κ2) is 10.6. The standard InChI is InChI=1S/C24H27N3O4S/c1-30-24(29)23-20-6-9-26(16-19-7-13-32-17-19)10-11-27(20)22(28)14-21(23)31-12-3-5-18-4-2-8-25-15-18/h2,4,7-8,13-15,17H,3,5-6,9-12,16H2,1H3. The van der Waals surface area contributed by atoms with Crippen molar-refractivity contribution >= 4 is 17.3 Å². The first-order valence-corrected chi connectivity index (χ1v) is 11.7. The lowest BCUT2D eigenvalue weighted by atomic mass is 10.1. The zero-order valence-electron chi connectivity index (χ0n) is 18.2. The Balaban J connectivity index is 1.51. The number of aryl methyl sites for hydroxylation is 1. The molecular formula is C24H27N3O4S. The Morgan fingerprint density at radius 2 is 2.12 bits per heavy atom. The average molecular weight is 454 g/mol. The minimum Gasteiger partial charge on any atom is -0.492 e. The van der Waals surface area contributed by atoms with E-state index in [9.17, 15) is 9.59 Å². The van der Waals surface area contributed by atoms with Crippen LogP contribution in [0, 0.1) is 0 Å². The van der Waals surface area contributed by atoms with Crippen LogP contribution in [0.1, 0.15) is 33.6 Å². The number of pyridine rings is 2.